The minimum Gasteiger partial charge on any atom is -0.317 e. The van der Waals surface area contributed by atoms with Crippen molar-refractivity contribution >= 4 is 21.7 Å². The summed E-state index contributed by atoms with van der Waals surface area (Å²) in [5.41, 5.74) is 0.404. The van der Waals surface area contributed by atoms with E-state index in [1.165, 1.54) is 0 Å². The molecule has 1 aromatic carbocycles. The van der Waals surface area contributed by atoms with E-state index in [-0.39, 0.29) is 22.7 Å². The van der Waals surface area contributed by atoms with Gasteiger partial charge in [0.15, 0.2) is 5.78 Å². The molecule has 1 saturated carbocycles. The molecule has 1 aliphatic carbocycles. The van der Waals surface area contributed by atoms with Gasteiger partial charge in [0, 0.05) is 5.92 Å². The van der Waals surface area contributed by atoms with Crippen LogP contribution in [0.2, 0.25) is 0 Å². The molecule has 96 valence electrons. The third-order valence-corrected chi connectivity index (χ3v) is 4.94. The van der Waals surface area contributed by atoms with Crippen LogP contribution in [0.1, 0.15) is 29.6 Å². The third kappa shape index (κ3) is 1.91. The number of Topliss-reactive ketones (excluding diaryl/α,β-unsaturated/α-hetero) is 1. The van der Waals surface area contributed by atoms with Crippen LogP contribution in [0.4, 0.5) is 4.39 Å². The summed E-state index contributed by atoms with van der Waals surface area (Å²) < 4.78 is 14.3. The molecule has 1 spiro atoms. The smallest absolute Gasteiger partial charge is 0.169 e. The molecule has 0 aromatic heterocycles. The summed E-state index contributed by atoms with van der Waals surface area (Å²) in [5.74, 6) is -0.405. The molecule has 1 unspecified atom stereocenters. The third-order valence-electron chi connectivity index (χ3n) is 4.32. The first kappa shape index (κ1) is 12.3. The number of ketones is 1. The van der Waals surface area contributed by atoms with Crippen LogP contribution in [0.15, 0.2) is 22.7 Å². The number of piperidine rings is 1. The van der Waals surface area contributed by atoms with Gasteiger partial charge in [0.05, 0.1) is 10.0 Å². The molecule has 0 bridgehead atoms. The average molecular weight is 312 g/mol. The van der Waals surface area contributed by atoms with E-state index < -0.39 is 5.82 Å². The van der Waals surface area contributed by atoms with Crippen molar-refractivity contribution in [1.82, 2.24) is 5.32 Å². The summed E-state index contributed by atoms with van der Waals surface area (Å²) in [6, 6.07) is 4.94. The highest BCUT2D eigenvalue weighted by Gasteiger charge is 2.57. The van der Waals surface area contributed by atoms with Gasteiger partial charge in [0.1, 0.15) is 5.82 Å². The summed E-state index contributed by atoms with van der Waals surface area (Å²) in [4.78, 5) is 12.4. The Bertz CT molecular complexity index is 497. The maximum atomic E-state index is 13.9. The summed E-state index contributed by atoms with van der Waals surface area (Å²) >= 11 is 3.13. The monoisotopic (exact) mass is 311 g/mol. The van der Waals surface area contributed by atoms with Crippen molar-refractivity contribution in [2.24, 2.45) is 11.3 Å². The highest BCUT2D eigenvalue weighted by molar-refractivity contribution is 9.10. The molecule has 1 aliphatic heterocycles. The van der Waals surface area contributed by atoms with E-state index in [1.807, 2.05) is 0 Å². The van der Waals surface area contributed by atoms with Gasteiger partial charge in [-0.25, -0.2) is 4.39 Å². The first-order valence-electron chi connectivity index (χ1n) is 6.33. The van der Waals surface area contributed by atoms with Crippen molar-refractivity contribution in [3.05, 3.63) is 34.1 Å². The van der Waals surface area contributed by atoms with Crippen molar-refractivity contribution in [3.8, 4) is 0 Å². The molecular weight excluding hydrogens is 297 g/mol. The van der Waals surface area contributed by atoms with Crippen molar-refractivity contribution < 1.29 is 9.18 Å². The summed E-state index contributed by atoms with van der Waals surface area (Å²) in [6.45, 7) is 1.95. The number of rotatable bonds is 2. The molecule has 2 nitrogen and oxygen atoms in total. The molecule has 1 aromatic rings. The fraction of sp³-hybridized carbons (Fsp3) is 0.500. The van der Waals surface area contributed by atoms with Crippen LogP contribution in [-0.4, -0.2) is 18.9 Å². The van der Waals surface area contributed by atoms with Gasteiger partial charge >= 0.3 is 0 Å². The lowest BCUT2D eigenvalue weighted by Gasteiger charge is -2.23. The molecular formula is C14H15BrFNO. The predicted molar refractivity (Wildman–Crippen MR) is 71.1 cm³/mol. The predicted octanol–water partition coefficient (Wildman–Crippen LogP) is 3.16. The second kappa shape index (κ2) is 4.42. The van der Waals surface area contributed by atoms with Gasteiger partial charge in [0.25, 0.3) is 0 Å². The van der Waals surface area contributed by atoms with Gasteiger partial charge in [-0.05, 0) is 65.8 Å². The van der Waals surface area contributed by atoms with E-state index in [0.717, 1.165) is 32.4 Å². The van der Waals surface area contributed by atoms with Crippen LogP contribution in [0.25, 0.3) is 0 Å². The minimum atomic E-state index is -0.418. The molecule has 0 amide bonds. The summed E-state index contributed by atoms with van der Waals surface area (Å²) in [6.07, 6.45) is 3.01. The SMILES string of the molecule is O=C(c1cccc(Br)c1F)C1CC12CCNCC2. The van der Waals surface area contributed by atoms with E-state index in [1.54, 1.807) is 18.2 Å². The summed E-state index contributed by atoms with van der Waals surface area (Å²) in [5, 5.41) is 3.31. The molecule has 2 aliphatic rings. The fourth-order valence-electron chi connectivity index (χ4n) is 3.08. The zero-order valence-corrected chi connectivity index (χ0v) is 11.6. The topological polar surface area (TPSA) is 29.1 Å². The van der Waals surface area contributed by atoms with E-state index in [2.05, 4.69) is 21.2 Å². The van der Waals surface area contributed by atoms with E-state index in [4.69, 9.17) is 0 Å². The number of hydrogen-bond acceptors (Lipinski definition) is 2. The zero-order valence-electron chi connectivity index (χ0n) is 10.0. The Hall–Kier alpha value is -0.740. The van der Waals surface area contributed by atoms with Crippen molar-refractivity contribution in [1.29, 1.82) is 0 Å². The summed E-state index contributed by atoms with van der Waals surface area (Å²) in [7, 11) is 0. The average Bonchev–Trinajstić information content (AvgIpc) is 3.06. The van der Waals surface area contributed by atoms with Crippen LogP contribution in [0.3, 0.4) is 0 Å². The second-order valence-corrected chi connectivity index (χ2v) is 6.19. The number of carbonyl (C=O) groups excluding carboxylic acids is 1. The van der Waals surface area contributed by atoms with E-state index >= 15 is 0 Å². The number of nitrogens with one attached hydrogen (secondary N) is 1. The zero-order chi connectivity index (χ0) is 12.8. The highest BCUT2D eigenvalue weighted by atomic mass is 79.9. The van der Waals surface area contributed by atoms with E-state index in [9.17, 15) is 9.18 Å². The molecule has 2 fully saturated rings. The van der Waals surface area contributed by atoms with Gasteiger partial charge < -0.3 is 5.32 Å². The maximum Gasteiger partial charge on any atom is 0.169 e. The Kier molecular flexibility index (Phi) is 3.02. The van der Waals surface area contributed by atoms with Crippen LogP contribution in [-0.2, 0) is 0 Å². The lowest BCUT2D eigenvalue weighted by molar-refractivity contribution is 0.0936. The normalized spacial score (nSPS) is 25.1. The van der Waals surface area contributed by atoms with Crippen LogP contribution >= 0.6 is 15.9 Å². The molecule has 18 heavy (non-hydrogen) atoms. The molecule has 1 atom stereocenters. The Balaban J connectivity index is 1.82. The number of carbonyl (C=O) groups is 1. The van der Waals surface area contributed by atoms with Crippen LogP contribution in [0, 0.1) is 17.2 Å². The van der Waals surface area contributed by atoms with Crippen molar-refractivity contribution in [3.63, 3.8) is 0 Å². The molecule has 0 radical (unpaired) electrons. The number of hydrogen-bond donors (Lipinski definition) is 1. The van der Waals surface area contributed by atoms with Gasteiger partial charge in [-0.3, -0.25) is 4.79 Å². The second-order valence-electron chi connectivity index (χ2n) is 5.33. The fourth-order valence-corrected chi connectivity index (χ4v) is 3.44. The van der Waals surface area contributed by atoms with Gasteiger partial charge in [-0.1, -0.05) is 6.07 Å². The lowest BCUT2D eigenvalue weighted by Crippen LogP contribution is -2.30. The molecule has 1 N–H and O–H groups in total. The van der Waals surface area contributed by atoms with Crippen LogP contribution in [0.5, 0.6) is 0 Å². The van der Waals surface area contributed by atoms with Gasteiger partial charge in [-0.2, -0.15) is 0 Å². The van der Waals surface area contributed by atoms with Crippen molar-refractivity contribution in [2.75, 3.05) is 13.1 Å². The Morgan fingerprint density at radius 3 is 2.83 bits per heavy atom. The number of halogens is 2. The Morgan fingerprint density at radius 1 is 1.39 bits per heavy atom. The van der Waals surface area contributed by atoms with Crippen LogP contribution < -0.4 is 5.32 Å². The maximum absolute atomic E-state index is 13.9. The first-order chi connectivity index (χ1) is 8.64. The standard InChI is InChI=1S/C14H15BrFNO/c15-11-3-1-2-9(12(11)16)13(18)10-8-14(10)4-6-17-7-5-14/h1-3,10,17H,4-8H2. The molecule has 1 saturated heterocycles. The van der Waals surface area contributed by atoms with Gasteiger partial charge in [-0.15, -0.1) is 0 Å². The number of benzene rings is 1. The van der Waals surface area contributed by atoms with Crippen molar-refractivity contribution in [2.45, 2.75) is 19.3 Å². The first-order valence-corrected chi connectivity index (χ1v) is 7.12. The van der Waals surface area contributed by atoms with E-state index in [0.29, 0.717) is 4.47 Å². The minimum absolute atomic E-state index is 0.0179. The molecule has 3 rings (SSSR count). The molecule has 4 heteroatoms. The Labute approximate surface area is 114 Å². The Morgan fingerprint density at radius 2 is 2.11 bits per heavy atom. The molecule has 1 heterocycles. The lowest BCUT2D eigenvalue weighted by atomic mass is 9.89. The quantitative estimate of drug-likeness (QED) is 0.850. The largest absolute Gasteiger partial charge is 0.317 e. The van der Waals surface area contributed by atoms with Gasteiger partial charge in [0.2, 0.25) is 0 Å². The highest BCUT2D eigenvalue weighted by Crippen LogP contribution is 2.59.